The molecule has 1 saturated heterocycles. The summed E-state index contributed by atoms with van der Waals surface area (Å²) in [6.07, 6.45) is 1.54. The summed E-state index contributed by atoms with van der Waals surface area (Å²) in [5.74, 6) is 1.40. The summed E-state index contributed by atoms with van der Waals surface area (Å²) in [5, 5.41) is 19.0. The van der Waals surface area contributed by atoms with E-state index in [1.54, 1.807) is 42.6 Å². The maximum atomic E-state index is 10.5. The average Bonchev–Trinajstić information content (AvgIpc) is 2.95. The molecule has 4 aromatic rings. The third-order valence-electron chi connectivity index (χ3n) is 6.05. The molecule has 0 spiro atoms. The number of rotatable bonds is 9. The Bertz CT molecular complexity index is 1570. The number of morpholine rings is 1. The number of hydrogen-bond acceptors (Lipinski definition) is 10. The average molecular weight is 659 g/mol. The maximum absolute atomic E-state index is 10.5. The number of nitrogens with one attached hydrogen (secondary N) is 2. The van der Waals surface area contributed by atoms with Crippen LogP contribution in [0.1, 0.15) is 16.7 Å². The second-order valence-corrected chi connectivity index (χ2v) is 10.8. The molecule has 0 saturated carbocycles. The second-order valence-electron chi connectivity index (χ2n) is 9.11. The van der Waals surface area contributed by atoms with Gasteiger partial charge in [-0.15, -0.1) is 0 Å². The Morgan fingerprint density at radius 1 is 1.05 bits per heavy atom. The number of aryl methyl sites for hydroxylation is 1. The summed E-state index contributed by atoms with van der Waals surface area (Å²) in [4.78, 5) is 15.7. The summed E-state index contributed by atoms with van der Waals surface area (Å²) >= 11 is 15.7. The SMILES string of the molecule is Cc1ccc(Nc2nc(N/N=C\c3ccc(OCc4ccc(Cl)cc4Cl)c(O)c3)nc(N3CCOCC3)n2)c(Br)c1. The van der Waals surface area contributed by atoms with Gasteiger partial charge in [0, 0.05) is 33.2 Å². The molecule has 1 aliphatic heterocycles. The molecular weight excluding hydrogens is 633 g/mol. The van der Waals surface area contributed by atoms with Gasteiger partial charge >= 0.3 is 0 Å². The van der Waals surface area contributed by atoms with E-state index in [9.17, 15) is 5.11 Å². The van der Waals surface area contributed by atoms with Crippen LogP contribution in [0.3, 0.4) is 0 Å². The van der Waals surface area contributed by atoms with Crippen molar-refractivity contribution in [2.75, 3.05) is 41.9 Å². The highest BCUT2D eigenvalue weighted by atomic mass is 79.9. The molecule has 0 bridgehead atoms. The zero-order valence-electron chi connectivity index (χ0n) is 21.9. The highest BCUT2D eigenvalue weighted by Gasteiger charge is 2.17. The predicted octanol–water partition coefficient (Wildman–Crippen LogP) is 6.56. The van der Waals surface area contributed by atoms with Crippen molar-refractivity contribution in [3.8, 4) is 11.5 Å². The molecule has 1 aromatic heterocycles. The normalized spacial score (nSPS) is 13.4. The molecule has 10 nitrogen and oxygen atoms in total. The highest BCUT2D eigenvalue weighted by Crippen LogP contribution is 2.29. The van der Waals surface area contributed by atoms with E-state index in [-0.39, 0.29) is 18.3 Å². The van der Waals surface area contributed by atoms with Crippen LogP contribution in [0.5, 0.6) is 11.5 Å². The molecule has 0 radical (unpaired) electrons. The first-order chi connectivity index (χ1) is 19.8. The van der Waals surface area contributed by atoms with Crippen LogP contribution in [0.2, 0.25) is 10.0 Å². The van der Waals surface area contributed by atoms with Gasteiger partial charge in [0.05, 0.1) is 25.1 Å². The van der Waals surface area contributed by atoms with Gasteiger partial charge in [0.2, 0.25) is 17.8 Å². The number of phenols is 1. The minimum absolute atomic E-state index is 0.0380. The summed E-state index contributed by atoms with van der Waals surface area (Å²) in [5.41, 5.74) is 6.21. The van der Waals surface area contributed by atoms with Crippen LogP contribution in [0.15, 0.2) is 64.2 Å². The van der Waals surface area contributed by atoms with E-state index in [1.807, 2.05) is 30.0 Å². The van der Waals surface area contributed by atoms with Crippen LogP contribution < -0.4 is 20.4 Å². The Hall–Kier alpha value is -3.64. The molecule has 41 heavy (non-hydrogen) atoms. The van der Waals surface area contributed by atoms with Gasteiger partial charge in [-0.1, -0.05) is 35.3 Å². The van der Waals surface area contributed by atoms with Crippen LogP contribution in [0.4, 0.5) is 23.5 Å². The minimum atomic E-state index is -0.0380. The molecule has 0 atom stereocenters. The fourth-order valence-electron chi connectivity index (χ4n) is 3.91. The molecular formula is C28H26BrCl2N7O3. The van der Waals surface area contributed by atoms with Crippen molar-refractivity contribution in [1.29, 1.82) is 0 Å². The number of halogens is 3. The van der Waals surface area contributed by atoms with Gasteiger partial charge in [-0.25, -0.2) is 5.43 Å². The zero-order chi connectivity index (χ0) is 28.8. The van der Waals surface area contributed by atoms with Gasteiger partial charge in [0.25, 0.3) is 0 Å². The lowest BCUT2D eigenvalue weighted by atomic mass is 10.2. The zero-order valence-corrected chi connectivity index (χ0v) is 25.0. The summed E-state index contributed by atoms with van der Waals surface area (Å²) in [6, 6.07) is 16.1. The fourth-order valence-corrected chi connectivity index (χ4v) is 4.97. The first-order valence-corrected chi connectivity index (χ1v) is 14.2. The molecule has 1 aliphatic rings. The van der Waals surface area contributed by atoms with Crippen LogP contribution in [-0.2, 0) is 11.3 Å². The summed E-state index contributed by atoms with van der Waals surface area (Å²) < 4.78 is 12.1. The smallest absolute Gasteiger partial charge is 0.250 e. The van der Waals surface area contributed by atoms with Gasteiger partial charge in [0.15, 0.2) is 11.5 Å². The van der Waals surface area contributed by atoms with Gasteiger partial charge in [0.1, 0.15) is 6.61 Å². The van der Waals surface area contributed by atoms with Crippen molar-refractivity contribution in [2.45, 2.75) is 13.5 Å². The molecule has 5 rings (SSSR count). The minimum Gasteiger partial charge on any atom is -0.504 e. The van der Waals surface area contributed by atoms with E-state index < -0.39 is 0 Å². The van der Waals surface area contributed by atoms with Gasteiger partial charge < -0.3 is 24.8 Å². The largest absolute Gasteiger partial charge is 0.504 e. The van der Waals surface area contributed by atoms with E-state index in [0.29, 0.717) is 59.6 Å². The molecule has 13 heteroatoms. The Labute approximate surface area is 255 Å². The Balaban J connectivity index is 1.29. The Morgan fingerprint density at radius 2 is 1.85 bits per heavy atom. The molecule has 1 fully saturated rings. The van der Waals surface area contributed by atoms with Crippen molar-refractivity contribution in [2.24, 2.45) is 5.10 Å². The lowest BCUT2D eigenvalue weighted by Crippen LogP contribution is -2.37. The molecule has 0 amide bonds. The molecule has 0 aliphatic carbocycles. The van der Waals surface area contributed by atoms with Crippen LogP contribution >= 0.6 is 39.1 Å². The van der Waals surface area contributed by atoms with Gasteiger partial charge in [-0.3, -0.25) is 0 Å². The lowest BCUT2D eigenvalue weighted by molar-refractivity contribution is 0.122. The maximum Gasteiger partial charge on any atom is 0.250 e. The van der Waals surface area contributed by atoms with E-state index in [2.05, 4.69) is 46.7 Å². The quantitative estimate of drug-likeness (QED) is 0.136. The van der Waals surface area contributed by atoms with Crippen molar-refractivity contribution in [3.05, 3.63) is 85.8 Å². The lowest BCUT2D eigenvalue weighted by Gasteiger charge is -2.27. The molecule has 3 aromatic carbocycles. The van der Waals surface area contributed by atoms with Crippen LogP contribution in [0.25, 0.3) is 0 Å². The molecule has 3 N–H and O–H groups in total. The number of aromatic hydroxyl groups is 1. The van der Waals surface area contributed by atoms with Crippen molar-refractivity contribution in [3.63, 3.8) is 0 Å². The first kappa shape index (κ1) is 28.9. The summed E-state index contributed by atoms with van der Waals surface area (Å²) in [6.45, 7) is 4.71. The third kappa shape index (κ3) is 7.76. The van der Waals surface area contributed by atoms with E-state index >= 15 is 0 Å². The molecule has 0 unspecified atom stereocenters. The van der Waals surface area contributed by atoms with Crippen LogP contribution in [-0.4, -0.2) is 52.6 Å². The van der Waals surface area contributed by atoms with E-state index in [4.69, 9.17) is 32.7 Å². The number of ether oxygens (including phenoxy) is 2. The highest BCUT2D eigenvalue weighted by molar-refractivity contribution is 9.10. The third-order valence-corrected chi connectivity index (χ3v) is 7.29. The summed E-state index contributed by atoms with van der Waals surface area (Å²) in [7, 11) is 0. The van der Waals surface area contributed by atoms with Crippen molar-refractivity contribution >= 4 is 68.9 Å². The van der Waals surface area contributed by atoms with Gasteiger partial charge in [-0.2, -0.15) is 20.1 Å². The fraction of sp³-hybridized carbons (Fsp3) is 0.214. The molecule has 212 valence electrons. The number of hydrazone groups is 1. The number of benzene rings is 3. The Morgan fingerprint density at radius 3 is 2.61 bits per heavy atom. The van der Waals surface area contributed by atoms with Crippen molar-refractivity contribution in [1.82, 2.24) is 15.0 Å². The number of nitrogens with zero attached hydrogens (tertiary/aromatic N) is 5. The van der Waals surface area contributed by atoms with E-state index in [1.165, 1.54) is 0 Å². The molecule has 2 heterocycles. The number of hydrogen-bond donors (Lipinski definition) is 3. The van der Waals surface area contributed by atoms with Crippen LogP contribution in [0, 0.1) is 6.92 Å². The van der Waals surface area contributed by atoms with Crippen molar-refractivity contribution < 1.29 is 14.6 Å². The van der Waals surface area contributed by atoms with E-state index in [0.717, 1.165) is 21.3 Å². The number of phenolic OH excluding ortho intramolecular Hbond substituents is 1. The second kappa shape index (κ2) is 13.3. The Kier molecular flexibility index (Phi) is 9.40. The first-order valence-electron chi connectivity index (χ1n) is 12.6. The standard InChI is InChI=1S/C28H26BrCl2N7O3/c1-17-2-6-23(21(29)12-17)33-26-34-27(36-28(35-26)38-8-10-40-11-9-38)37-32-15-18-3-7-25(24(39)13-18)41-16-19-4-5-20(30)14-22(19)31/h2-7,12-15,39H,8-11,16H2,1H3,(H2,33,34,35,36,37)/b32-15-. The number of anilines is 4. The van der Waals surface area contributed by atoms with Gasteiger partial charge in [-0.05, 0) is 76.4 Å². The number of aromatic nitrogens is 3. The topological polar surface area (TPSA) is 117 Å². The monoisotopic (exact) mass is 657 g/mol. The predicted molar refractivity (Wildman–Crippen MR) is 165 cm³/mol.